The van der Waals surface area contributed by atoms with E-state index < -0.39 is 12.1 Å². The predicted octanol–water partition coefficient (Wildman–Crippen LogP) is 1.29. The maximum Gasteiger partial charge on any atom is 0.307 e. The summed E-state index contributed by atoms with van der Waals surface area (Å²) in [4.78, 5) is 22.3. The molecule has 5 nitrogen and oxygen atoms in total. The molecule has 0 saturated carbocycles. The van der Waals surface area contributed by atoms with E-state index in [-0.39, 0.29) is 12.3 Å². The first-order valence-electron chi connectivity index (χ1n) is 5.18. The maximum absolute atomic E-state index is 11.6. The Hall–Kier alpha value is -1.88. The van der Waals surface area contributed by atoms with Gasteiger partial charge in [0, 0.05) is 12.8 Å². The molecule has 1 unspecified atom stereocenters. The molecule has 0 aliphatic carbocycles. The predicted molar refractivity (Wildman–Crippen MR) is 62.9 cm³/mol. The molecule has 5 heteroatoms. The molecular formula is C12H15NO4. The third kappa shape index (κ3) is 3.88. The third-order valence-electron chi connectivity index (χ3n) is 2.34. The molecular weight excluding hydrogens is 222 g/mol. The fraction of sp³-hybridized carbons (Fsp3) is 0.333. The Labute approximate surface area is 99.4 Å². The number of methoxy groups -OCH3 is 1. The van der Waals surface area contributed by atoms with Gasteiger partial charge in [0.2, 0.25) is 0 Å². The number of rotatable bonds is 5. The minimum Gasteiger partial charge on any atom is -0.481 e. The quantitative estimate of drug-likeness (QED) is 0.809. The molecule has 0 aliphatic heterocycles. The molecule has 0 bridgehead atoms. The van der Waals surface area contributed by atoms with Crippen LogP contribution in [0.2, 0.25) is 0 Å². The second-order valence-electron chi connectivity index (χ2n) is 3.59. The Morgan fingerprint density at radius 3 is 2.65 bits per heavy atom. The van der Waals surface area contributed by atoms with Crippen molar-refractivity contribution in [1.82, 2.24) is 0 Å². The molecule has 1 atom stereocenters. The molecule has 0 aliphatic rings. The number of carboxylic acids is 1. The van der Waals surface area contributed by atoms with Gasteiger partial charge in [-0.1, -0.05) is 18.2 Å². The molecule has 0 aromatic heterocycles. The summed E-state index contributed by atoms with van der Waals surface area (Å²) in [6.45, 7) is 1.62. The summed E-state index contributed by atoms with van der Waals surface area (Å²) in [5.41, 5.74) is 1.07. The molecule has 2 N–H and O–H groups in total. The number of amides is 1. The molecule has 0 radical (unpaired) electrons. The van der Waals surface area contributed by atoms with Crippen LogP contribution in [0.5, 0.6) is 0 Å². The molecule has 0 heterocycles. The second-order valence-corrected chi connectivity index (χ2v) is 3.59. The zero-order valence-corrected chi connectivity index (χ0v) is 9.77. The summed E-state index contributed by atoms with van der Waals surface area (Å²) in [5, 5.41) is 11.4. The Morgan fingerprint density at radius 1 is 1.41 bits per heavy atom. The lowest BCUT2D eigenvalue weighted by molar-refractivity contribution is -0.136. The fourth-order valence-electron chi connectivity index (χ4n) is 1.30. The van der Waals surface area contributed by atoms with Crippen molar-refractivity contribution in [2.24, 2.45) is 0 Å². The van der Waals surface area contributed by atoms with Crippen LogP contribution in [0.25, 0.3) is 0 Å². The van der Waals surface area contributed by atoms with Gasteiger partial charge < -0.3 is 15.2 Å². The number of hydrogen-bond donors (Lipinski definition) is 2. The summed E-state index contributed by atoms with van der Waals surface area (Å²) < 4.78 is 4.88. The van der Waals surface area contributed by atoms with Crippen LogP contribution in [-0.2, 0) is 20.7 Å². The Balaban J connectivity index is 2.83. The maximum atomic E-state index is 11.6. The minimum atomic E-state index is -0.938. The van der Waals surface area contributed by atoms with E-state index in [0.29, 0.717) is 11.3 Å². The zero-order valence-electron chi connectivity index (χ0n) is 9.77. The topological polar surface area (TPSA) is 75.6 Å². The summed E-state index contributed by atoms with van der Waals surface area (Å²) in [7, 11) is 1.44. The molecule has 1 aromatic carbocycles. The Kier molecular flexibility index (Phi) is 4.66. The van der Waals surface area contributed by atoms with Gasteiger partial charge in [-0.15, -0.1) is 0 Å². The van der Waals surface area contributed by atoms with Gasteiger partial charge in [-0.2, -0.15) is 0 Å². The van der Waals surface area contributed by atoms with Crippen molar-refractivity contribution in [3.8, 4) is 0 Å². The number of para-hydroxylation sites is 1. The molecule has 17 heavy (non-hydrogen) atoms. The molecule has 1 rings (SSSR count). The van der Waals surface area contributed by atoms with Crippen LogP contribution in [0.1, 0.15) is 12.5 Å². The van der Waals surface area contributed by atoms with Crippen molar-refractivity contribution in [2.45, 2.75) is 19.4 Å². The standard InChI is InChI=1S/C12H15NO4/c1-8(17-2)12(16)13-10-6-4-3-5-9(10)7-11(14)15/h3-6,8H,7H2,1-2H3,(H,13,16)(H,14,15). The minimum absolute atomic E-state index is 0.127. The highest BCUT2D eigenvalue weighted by Crippen LogP contribution is 2.16. The number of hydrogen-bond acceptors (Lipinski definition) is 3. The van der Waals surface area contributed by atoms with Crippen LogP contribution in [0.3, 0.4) is 0 Å². The number of ether oxygens (including phenoxy) is 1. The van der Waals surface area contributed by atoms with E-state index in [4.69, 9.17) is 9.84 Å². The van der Waals surface area contributed by atoms with Crippen molar-refractivity contribution in [1.29, 1.82) is 0 Å². The van der Waals surface area contributed by atoms with E-state index in [1.54, 1.807) is 31.2 Å². The third-order valence-corrected chi connectivity index (χ3v) is 2.34. The molecule has 1 aromatic rings. The smallest absolute Gasteiger partial charge is 0.307 e. The average Bonchev–Trinajstić information content (AvgIpc) is 2.29. The number of nitrogens with one attached hydrogen (secondary N) is 1. The Bertz CT molecular complexity index is 417. The number of aliphatic carboxylic acids is 1. The van der Waals surface area contributed by atoms with Gasteiger partial charge in [0.1, 0.15) is 6.10 Å². The number of carbonyl (C=O) groups excluding carboxylic acids is 1. The average molecular weight is 237 g/mol. The van der Waals surface area contributed by atoms with Crippen LogP contribution in [0.4, 0.5) is 5.69 Å². The monoisotopic (exact) mass is 237 g/mol. The normalized spacial score (nSPS) is 11.9. The van der Waals surface area contributed by atoms with Crippen molar-refractivity contribution < 1.29 is 19.4 Å². The lowest BCUT2D eigenvalue weighted by atomic mass is 10.1. The van der Waals surface area contributed by atoms with Crippen molar-refractivity contribution in [3.05, 3.63) is 29.8 Å². The summed E-state index contributed by atoms with van der Waals surface area (Å²) in [6.07, 6.45) is -0.703. The van der Waals surface area contributed by atoms with Gasteiger partial charge in [-0.3, -0.25) is 9.59 Å². The van der Waals surface area contributed by atoms with E-state index in [1.165, 1.54) is 7.11 Å². The molecule has 1 amide bonds. The van der Waals surface area contributed by atoms with Gasteiger partial charge in [0.15, 0.2) is 0 Å². The van der Waals surface area contributed by atoms with Crippen LogP contribution >= 0.6 is 0 Å². The molecule has 92 valence electrons. The van der Waals surface area contributed by atoms with Gasteiger partial charge >= 0.3 is 5.97 Å². The van der Waals surface area contributed by atoms with Crippen LogP contribution in [-0.4, -0.2) is 30.2 Å². The van der Waals surface area contributed by atoms with E-state index >= 15 is 0 Å². The van der Waals surface area contributed by atoms with Gasteiger partial charge in [0.25, 0.3) is 5.91 Å². The van der Waals surface area contributed by atoms with Crippen molar-refractivity contribution in [3.63, 3.8) is 0 Å². The zero-order chi connectivity index (χ0) is 12.8. The second kappa shape index (κ2) is 6.00. The summed E-state index contributed by atoms with van der Waals surface area (Å²) in [5.74, 6) is -1.24. The number of benzene rings is 1. The molecule has 0 spiro atoms. The van der Waals surface area contributed by atoms with Gasteiger partial charge in [0.05, 0.1) is 6.42 Å². The Morgan fingerprint density at radius 2 is 2.06 bits per heavy atom. The summed E-state index contributed by atoms with van der Waals surface area (Å²) >= 11 is 0. The van der Waals surface area contributed by atoms with Crippen molar-refractivity contribution in [2.75, 3.05) is 12.4 Å². The van der Waals surface area contributed by atoms with Crippen LogP contribution in [0.15, 0.2) is 24.3 Å². The van der Waals surface area contributed by atoms with Gasteiger partial charge in [-0.25, -0.2) is 0 Å². The molecule has 0 saturated heterocycles. The van der Waals surface area contributed by atoms with E-state index in [9.17, 15) is 9.59 Å². The highest BCUT2D eigenvalue weighted by Gasteiger charge is 2.14. The van der Waals surface area contributed by atoms with Crippen LogP contribution in [0, 0.1) is 0 Å². The first-order chi connectivity index (χ1) is 8.04. The fourth-order valence-corrected chi connectivity index (χ4v) is 1.30. The van der Waals surface area contributed by atoms with Crippen LogP contribution < -0.4 is 5.32 Å². The molecule has 0 fully saturated rings. The SMILES string of the molecule is COC(C)C(=O)Nc1ccccc1CC(=O)O. The van der Waals surface area contributed by atoms with E-state index in [0.717, 1.165) is 0 Å². The summed E-state index contributed by atoms with van der Waals surface area (Å²) in [6, 6.07) is 6.80. The first kappa shape index (κ1) is 13.2. The highest BCUT2D eigenvalue weighted by atomic mass is 16.5. The highest BCUT2D eigenvalue weighted by molar-refractivity contribution is 5.95. The number of carbonyl (C=O) groups is 2. The van der Waals surface area contributed by atoms with E-state index in [2.05, 4.69) is 5.32 Å². The van der Waals surface area contributed by atoms with Gasteiger partial charge in [-0.05, 0) is 18.6 Å². The van der Waals surface area contributed by atoms with E-state index in [1.807, 2.05) is 0 Å². The first-order valence-corrected chi connectivity index (χ1v) is 5.18. The lowest BCUT2D eigenvalue weighted by Crippen LogP contribution is -2.27. The van der Waals surface area contributed by atoms with Crippen molar-refractivity contribution >= 4 is 17.6 Å². The lowest BCUT2D eigenvalue weighted by Gasteiger charge is -2.13. The number of carboxylic acid groups (broad SMARTS) is 1. The largest absolute Gasteiger partial charge is 0.481 e. The number of anilines is 1.